The number of hydrogen-bond acceptors (Lipinski definition) is 3. The molecule has 1 saturated heterocycles. The van der Waals surface area contributed by atoms with Crippen molar-refractivity contribution >= 4 is 23.2 Å². The first-order valence-corrected chi connectivity index (χ1v) is 4.82. The van der Waals surface area contributed by atoms with Gasteiger partial charge in [0.2, 0.25) is 5.91 Å². The number of nitrogens with one attached hydrogen (secondary N) is 1. The van der Waals surface area contributed by atoms with Crippen molar-refractivity contribution in [2.24, 2.45) is 0 Å². The van der Waals surface area contributed by atoms with Crippen molar-refractivity contribution in [3.63, 3.8) is 0 Å². The molecule has 0 spiro atoms. The molecule has 2 N–H and O–H groups in total. The number of amides is 1. The minimum absolute atomic E-state index is 0.00431. The zero-order chi connectivity index (χ0) is 9.84. The van der Waals surface area contributed by atoms with Crippen LogP contribution in [0, 0.1) is 0 Å². The highest BCUT2D eigenvalue weighted by molar-refractivity contribution is 7.80. The summed E-state index contributed by atoms with van der Waals surface area (Å²) in [4.78, 5) is 12.9. The normalized spacial score (nSPS) is 20.0. The average Bonchev–Trinajstić information content (AvgIpc) is 2.11. The predicted octanol–water partition coefficient (Wildman–Crippen LogP) is -0.136. The Labute approximate surface area is 82.9 Å². The third-order valence-electron chi connectivity index (χ3n) is 2.15. The number of aliphatic hydroxyl groups is 1. The first-order chi connectivity index (χ1) is 6.20. The summed E-state index contributed by atoms with van der Waals surface area (Å²) in [7, 11) is 0. The van der Waals surface area contributed by atoms with Gasteiger partial charge in [-0.25, -0.2) is 0 Å². The van der Waals surface area contributed by atoms with E-state index < -0.39 is 0 Å². The summed E-state index contributed by atoms with van der Waals surface area (Å²) in [6.45, 7) is 2.49. The van der Waals surface area contributed by atoms with Gasteiger partial charge in [-0.2, -0.15) is 0 Å². The monoisotopic (exact) mass is 202 g/mol. The Hall–Kier alpha value is -0.680. The van der Waals surface area contributed by atoms with E-state index in [1.807, 2.05) is 6.92 Å². The van der Waals surface area contributed by atoms with Gasteiger partial charge in [0.1, 0.15) is 0 Å². The molecule has 1 aliphatic heterocycles. The minimum atomic E-state index is -0.173. The highest BCUT2D eigenvalue weighted by atomic mass is 32.1. The largest absolute Gasteiger partial charge is 0.394 e. The van der Waals surface area contributed by atoms with Crippen LogP contribution in [-0.4, -0.2) is 40.2 Å². The lowest BCUT2D eigenvalue weighted by Gasteiger charge is -2.33. The number of nitrogens with zero attached hydrogens (tertiary/aromatic N) is 1. The van der Waals surface area contributed by atoms with E-state index in [0.717, 1.165) is 0 Å². The van der Waals surface area contributed by atoms with Gasteiger partial charge in [0.25, 0.3) is 0 Å². The van der Waals surface area contributed by atoms with Crippen molar-refractivity contribution in [3.05, 3.63) is 0 Å². The second-order valence-corrected chi connectivity index (χ2v) is 3.38. The SMILES string of the molecule is CCC(CO)N1C(=O)CCNC1=S. The molecule has 0 saturated carbocycles. The van der Waals surface area contributed by atoms with Crippen LogP contribution in [-0.2, 0) is 4.79 Å². The summed E-state index contributed by atoms with van der Waals surface area (Å²) >= 11 is 5.00. The molecule has 1 fully saturated rings. The van der Waals surface area contributed by atoms with Crippen molar-refractivity contribution < 1.29 is 9.90 Å². The molecule has 74 valence electrons. The van der Waals surface area contributed by atoms with Gasteiger partial charge in [0.15, 0.2) is 5.11 Å². The molecule has 0 aromatic rings. The Morgan fingerprint density at radius 2 is 2.46 bits per heavy atom. The maximum atomic E-state index is 11.5. The lowest BCUT2D eigenvalue weighted by Crippen LogP contribution is -2.55. The van der Waals surface area contributed by atoms with E-state index in [1.165, 1.54) is 4.90 Å². The second kappa shape index (κ2) is 4.53. The first kappa shape index (κ1) is 10.4. The molecule has 1 aliphatic rings. The number of thiocarbonyl (C=S) groups is 1. The Morgan fingerprint density at radius 3 is 2.92 bits per heavy atom. The molecule has 5 heteroatoms. The minimum Gasteiger partial charge on any atom is -0.394 e. The standard InChI is InChI=1S/C8H14N2O2S/c1-2-6(5-11)10-7(12)3-4-9-8(10)13/h6,11H,2-5H2,1H3,(H,9,13). The molecule has 1 rings (SSSR count). The predicted molar refractivity (Wildman–Crippen MR) is 53.2 cm³/mol. The summed E-state index contributed by atoms with van der Waals surface area (Å²) in [5.41, 5.74) is 0. The van der Waals surface area contributed by atoms with E-state index in [4.69, 9.17) is 17.3 Å². The number of aliphatic hydroxyl groups excluding tert-OH is 1. The number of carbonyl (C=O) groups is 1. The van der Waals surface area contributed by atoms with E-state index in [0.29, 0.717) is 24.5 Å². The Bertz CT molecular complexity index is 200. The van der Waals surface area contributed by atoms with Gasteiger partial charge in [-0.05, 0) is 18.6 Å². The molecular weight excluding hydrogens is 188 g/mol. The quantitative estimate of drug-likeness (QED) is 0.626. The Kier molecular flexibility index (Phi) is 3.62. The van der Waals surface area contributed by atoms with Gasteiger partial charge in [-0.1, -0.05) is 6.92 Å². The molecule has 1 atom stereocenters. The van der Waals surface area contributed by atoms with Crippen LogP contribution < -0.4 is 5.32 Å². The van der Waals surface area contributed by atoms with Gasteiger partial charge >= 0.3 is 0 Å². The van der Waals surface area contributed by atoms with Gasteiger partial charge in [0.05, 0.1) is 12.6 Å². The topological polar surface area (TPSA) is 52.6 Å². The van der Waals surface area contributed by atoms with Crippen LogP contribution >= 0.6 is 12.2 Å². The van der Waals surface area contributed by atoms with Gasteiger partial charge < -0.3 is 10.4 Å². The fourth-order valence-electron chi connectivity index (χ4n) is 1.36. The molecule has 0 aromatic heterocycles. The van der Waals surface area contributed by atoms with Gasteiger partial charge in [0, 0.05) is 13.0 Å². The van der Waals surface area contributed by atoms with Crippen LogP contribution in [0.25, 0.3) is 0 Å². The maximum absolute atomic E-state index is 11.5. The van der Waals surface area contributed by atoms with E-state index in [9.17, 15) is 4.79 Å². The number of hydrogen-bond donors (Lipinski definition) is 2. The zero-order valence-electron chi connectivity index (χ0n) is 7.62. The summed E-state index contributed by atoms with van der Waals surface area (Å²) in [6, 6.07) is -0.173. The van der Waals surface area contributed by atoms with Crippen molar-refractivity contribution in [3.8, 4) is 0 Å². The van der Waals surface area contributed by atoms with Crippen LogP contribution in [0.5, 0.6) is 0 Å². The summed E-state index contributed by atoms with van der Waals surface area (Å²) in [6.07, 6.45) is 1.17. The van der Waals surface area contributed by atoms with Crippen LogP contribution in [0.2, 0.25) is 0 Å². The number of rotatable bonds is 3. The van der Waals surface area contributed by atoms with E-state index in [1.54, 1.807) is 0 Å². The molecular formula is C8H14N2O2S. The molecule has 0 bridgehead atoms. The molecule has 0 aromatic carbocycles. The van der Waals surface area contributed by atoms with Crippen LogP contribution in [0.1, 0.15) is 19.8 Å². The fourth-order valence-corrected chi connectivity index (χ4v) is 1.71. The smallest absolute Gasteiger partial charge is 0.230 e. The Balaban J connectivity index is 2.72. The van der Waals surface area contributed by atoms with Gasteiger partial charge in [-0.3, -0.25) is 9.69 Å². The van der Waals surface area contributed by atoms with Crippen molar-refractivity contribution in [1.29, 1.82) is 0 Å². The zero-order valence-corrected chi connectivity index (χ0v) is 8.43. The van der Waals surface area contributed by atoms with E-state index >= 15 is 0 Å². The van der Waals surface area contributed by atoms with E-state index in [-0.39, 0.29) is 18.6 Å². The summed E-state index contributed by atoms with van der Waals surface area (Å²) < 4.78 is 0. The van der Waals surface area contributed by atoms with Crippen LogP contribution in [0.15, 0.2) is 0 Å². The lowest BCUT2D eigenvalue weighted by atomic mass is 10.2. The summed E-state index contributed by atoms with van der Waals surface area (Å²) in [5.74, 6) is 0.00431. The molecule has 0 radical (unpaired) electrons. The first-order valence-electron chi connectivity index (χ1n) is 4.41. The Morgan fingerprint density at radius 1 is 1.77 bits per heavy atom. The molecule has 1 unspecified atom stereocenters. The van der Waals surface area contributed by atoms with E-state index in [2.05, 4.69) is 5.32 Å². The molecule has 0 aliphatic carbocycles. The third kappa shape index (κ3) is 2.16. The summed E-state index contributed by atoms with van der Waals surface area (Å²) in [5, 5.41) is 12.4. The third-order valence-corrected chi connectivity index (χ3v) is 2.49. The highest BCUT2D eigenvalue weighted by Gasteiger charge is 2.28. The molecule has 1 amide bonds. The molecule has 13 heavy (non-hydrogen) atoms. The van der Waals surface area contributed by atoms with Crippen molar-refractivity contribution in [1.82, 2.24) is 10.2 Å². The lowest BCUT2D eigenvalue weighted by molar-refractivity contribution is -0.130. The van der Waals surface area contributed by atoms with Crippen molar-refractivity contribution in [2.75, 3.05) is 13.2 Å². The number of carbonyl (C=O) groups excluding carboxylic acids is 1. The second-order valence-electron chi connectivity index (χ2n) is 2.99. The van der Waals surface area contributed by atoms with Crippen LogP contribution in [0.4, 0.5) is 0 Å². The molecule has 1 heterocycles. The van der Waals surface area contributed by atoms with Crippen LogP contribution in [0.3, 0.4) is 0 Å². The highest BCUT2D eigenvalue weighted by Crippen LogP contribution is 2.09. The van der Waals surface area contributed by atoms with Gasteiger partial charge in [-0.15, -0.1) is 0 Å². The molecule has 4 nitrogen and oxygen atoms in total. The fraction of sp³-hybridized carbons (Fsp3) is 0.750. The van der Waals surface area contributed by atoms with Crippen molar-refractivity contribution in [2.45, 2.75) is 25.8 Å². The maximum Gasteiger partial charge on any atom is 0.230 e. The average molecular weight is 202 g/mol.